The lowest BCUT2D eigenvalue weighted by atomic mass is 10.1. The van der Waals surface area contributed by atoms with E-state index in [9.17, 15) is 13.5 Å². The van der Waals surface area contributed by atoms with E-state index in [1.807, 2.05) is 55.5 Å². The van der Waals surface area contributed by atoms with Gasteiger partial charge in [-0.2, -0.15) is 0 Å². The molecule has 0 radical (unpaired) electrons. The van der Waals surface area contributed by atoms with Crippen LogP contribution < -0.4 is 4.72 Å². The van der Waals surface area contributed by atoms with Crippen molar-refractivity contribution in [2.75, 3.05) is 4.72 Å². The Morgan fingerprint density at radius 3 is 2.41 bits per heavy atom. The van der Waals surface area contributed by atoms with Gasteiger partial charge in [0.2, 0.25) is 0 Å². The number of rotatable bonds is 5. The molecule has 2 N–H and O–H groups in total. The molecule has 0 aliphatic heterocycles. The SMILES string of the molecule is Cc1cccc(S(=O)(=O)Nc2cc(Sc3cccc4cccnc34)c(O)c3ccccc23)c1C. The summed E-state index contributed by atoms with van der Waals surface area (Å²) in [6.07, 6.45) is 1.73. The van der Waals surface area contributed by atoms with Crippen molar-refractivity contribution in [2.45, 2.75) is 28.5 Å². The minimum atomic E-state index is -3.85. The Bertz CT molecular complexity index is 1660. The van der Waals surface area contributed by atoms with Crippen molar-refractivity contribution in [3.8, 4) is 5.75 Å². The molecule has 170 valence electrons. The molecule has 0 aliphatic rings. The average molecular weight is 487 g/mol. The highest BCUT2D eigenvalue weighted by Crippen LogP contribution is 2.44. The molecule has 0 saturated carbocycles. The van der Waals surface area contributed by atoms with Gasteiger partial charge in [-0.05, 0) is 49.2 Å². The first-order valence-corrected chi connectivity index (χ1v) is 13.0. The lowest BCUT2D eigenvalue weighted by Crippen LogP contribution is -2.15. The van der Waals surface area contributed by atoms with E-state index in [1.165, 1.54) is 11.8 Å². The number of benzene rings is 4. The van der Waals surface area contributed by atoms with Gasteiger partial charge in [-0.15, -0.1) is 0 Å². The van der Waals surface area contributed by atoms with E-state index >= 15 is 0 Å². The van der Waals surface area contributed by atoms with Gasteiger partial charge in [0.05, 0.1) is 21.0 Å². The lowest BCUT2D eigenvalue weighted by Gasteiger charge is -2.16. The average Bonchev–Trinajstić information content (AvgIpc) is 2.84. The van der Waals surface area contributed by atoms with Crippen molar-refractivity contribution in [2.24, 2.45) is 0 Å². The Morgan fingerprint density at radius 1 is 0.853 bits per heavy atom. The molecule has 5 aromatic rings. The first-order chi connectivity index (χ1) is 16.3. The van der Waals surface area contributed by atoms with Gasteiger partial charge in [-0.25, -0.2) is 8.42 Å². The predicted molar refractivity (Wildman–Crippen MR) is 138 cm³/mol. The van der Waals surface area contributed by atoms with Crippen LogP contribution in [0.5, 0.6) is 5.75 Å². The summed E-state index contributed by atoms with van der Waals surface area (Å²) in [6.45, 7) is 3.69. The van der Waals surface area contributed by atoms with Crippen LogP contribution >= 0.6 is 11.8 Å². The fourth-order valence-corrected chi connectivity index (χ4v) is 6.41. The zero-order valence-corrected chi connectivity index (χ0v) is 20.2. The highest BCUT2D eigenvalue weighted by Gasteiger charge is 2.21. The van der Waals surface area contributed by atoms with E-state index < -0.39 is 10.0 Å². The zero-order chi connectivity index (χ0) is 23.9. The van der Waals surface area contributed by atoms with Gasteiger partial charge in [0.1, 0.15) is 5.75 Å². The standard InChI is InChI=1S/C27H22N2O3S2/c1-17-8-5-14-25(18(17)2)34(31,32)29-22-16-24(27(30)21-12-4-3-11-20(21)22)33-23-13-6-9-19-10-7-15-28-26(19)23/h3-16,29-30H,1-2H3. The fraction of sp³-hybridized carbons (Fsp3) is 0.0741. The number of hydrogen-bond donors (Lipinski definition) is 2. The first-order valence-electron chi connectivity index (χ1n) is 10.7. The number of hydrogen-bond acceptors (Lipinski definition) is 5. The van der Waals surface area contributed by atoms with E-state index in [-0.39, 0.29) is 10.6 Å². The van der Waals surface area contributed by atoms with E-state index in [1.54, 1.807) is 43.5 Å². The number of anilines is 1. The normalized spacial score (nSPS) is 11.7. The third kappa shape index (κ3) is 3.97. The molecule has 0 unspecified atom stereocenters. The van der Waals surface area contributed by atoms with Gasteiger partial charge in [0.15, 0.2) is 0 Å². The van der Waals surface area contributed by atoms with Crippen molar-refractivity contribution in [1.82, 2.24) is 4.98 Å². The molecule has 4 aromatic carbocycles. The second-order valence-corrected chi connectivity index (χ2v) is 10.8. The number of phenolic OH excluding ortho intramolecular Hbond substituents is 1. The molecule has 0 bridgehead atoms. The Labute approximate surface area is 202 Å². The van der Waals surface area contributed by atoms with Gasteiger partial charge in [-0.1, -0.05) is 66.4 Å². The van der Waals surface area contributed by atoms with Crippen LogP contribution in [0, 0.1) is 13.8 Å². The number of aromatic nitrogens is 1. The van der Waals surface area contributed by atoms with Crippen LogP contribution in [0.1, 0.15) is 11.1 Å². The molecule has 0 amide bonds. The molecule has 34 heavy (non-hydrogen) atoms. The Kier molecular flexibility index (Phi) is 5.67. The quantitative estimate of drug-likeness (QED) is 0.272. The summed E-state index contributed by atoms with van der Waals surface area (Å²) in [6, 6.07) is 23.9. The maximum absolute atomic E-state index is 13.4. The Hall–Kier alpha value is -3.55. The van der Waals surface area contributed by atoms with Crippen molar-refractivity contribution in [3.05, 3.63) is 96.2 Å². The number of fused-ring (bicyclic) bond motifs is 2. The second kappa shape index (κ2) is 8.66. The molecule has 5 rings (SSSR count). The third-order valence-corrected chi connectivity index (χ3v) is 8.48. The molecule has 0 spiro atoms. The smallest absolute Gasteiger partial charge is 0.262 e. The Morgan fingerprint density at radius 2 is 1.59 bits per heavy atom. The largest absolute Gasteiger partial charge is 0.506 e. The lowest BCUT2D eigenvalue weighted by molar-refractivity contribution is 0.469. The van der Waals surface area contributed by atoms with E-state index in [4.69, 9.17) is 0 Å². The van der Waals surface area contributed by atoms with Crippen LogP contribution in [0.3, 0.4) is 0 Å². The van der Waals surface area contributed by atoms with E-state index in [0.717, 1.165) is 21.4 Å². The van der Waals surface area contributed by atoms with Crippen LogP contribution in [0.2, 0.25) is 0 Å². The molecular formula is C27H22N2O3S2. The molecule has 1 aromatic heterocycles. The van der Waals surface area contributed by atoms with Crippen LogP contribution in [-0.4, -0.2) is 18.5 Å². The maximum Gasteiger partial charge on any atom is 0.262 e. The highest BCUT2D eigenvalue weighted by molar-refractivity contribution is 7.99. The molecule has 0 aliphatic carbocycles. The number of nitrogens with one attached hydrogen (secondary N) is 1. The zero-order valence-electron chi connectivity index (χ0n) is 18.6. The van der Waals surface area contributed by atoms with Gasteiger partial charge in [0, 0.05) is 27.3 Å². The molecule has 5 nitrogen and oxygen atoms in total. The van der Waals surface area contributed by atoms with Gasteiger partial charge in [0.25, 0.3) is 10.0 Å². The summed E-state index contributed by atoms with van der Waals surface area (Å²) < 4.78 is 29.5. The summed E-state index contributed by atoms with van der Waals surface area (Å²) in [5, 5.41) is 13.3. The van der Waals surface area contributed by atoms with Gasteiger partial charge in [-0.3, -0.25) is 9.71 Å². The number of nitrogens with zero attached hydrogens (tertiary/aromatic N) is 1. The molecular weight excluding hydrogens is 464 g/mol. The van der Waals surface area contributed by atoms with Crippen molar-refractivity contribution in [1.29, 1.82) is 0 Å². The number of aryl methyl sites for hydroxylation is 1. The Balaban J connectivity index is 1.64. The number of aromatic hydroxyl groups is 1. The summed E-state index contributed by atoms with van der Waals surface area (Å²) >= 11 is 1.35. The molecule has 1 heterocycles. The van der Waals surface area contributed by atoms with Crippen LogP contribution in [0.4, 0.5) is 5.69 Å². The van der Waals surface area contributed by atoms with Crippen LogP contribution in [0.25, 0.3) is 21.7 Å². The van der Waals surface area contributed by atoms with Crippen molar-refractivity contribution in [3.63, 3.8) is 0 Å². The number of sulfonamides is 1. The second-order valence-electron chi connectivity index (χ2n) is 8.05. The van der Waals surface area contributed by atoms with Crippen molar-refractivity contribution >= 4 is 49.1 Å². The van der Waals surface area contributed by atoms with E-state index in [2.05, 4.69) is 9.71 Å². The topological polar surface area (TPSA) is 79.3 Å². The highest BCUT2D eigenvalue weighted by atomic mass is 32.2. The summed E-state index contributed by atoms with van der Waals surface area (Å²) in [4.78, 5) is 6.13. The summed E-state index contributed by atoms with van der Waals surface area (Å²) in [5.74, 6) is 0.100. The van der Waals surface area contributed by atoms with Gasteiger partial charge < -0.3 is 5.11 Å². The number of para-hydroxylation sites is 1. The summed E-state index contributed by atoms with van der Waals surface area (Å²) in [7, 11) is -3.85. The third-order valence-electron chi connectivity index (χ3n) is 5.89. The molecule has 7 heteroatoms. The number of phenols is 1. The first kappa shape index (κ1) is 22.3. The van der Waals surface area contributed by atoms with Crippen molar-refractivity contribution < 1.29 is 13.5 Å². The maximum atomic E-state index is 13.4. The van der Waals surface area contributed by atoms with E-state index in [0.29, 0.717) is 26.9 Å². The number of pyridine rings is 1. The minimum Gasteiger partial charge on any atom is -0.506 e. The molecule has 0 atom stereocenters. The molecule has 0 fully saturated rings. The van der Waals surface area contributed by atoms with Crippen LogP contribution in [-0.2, 0) is 10.0 Å². The molecule has 0 saturated heterocycles. The predicted octanol–water partition coefficient (Wildman–Crippen LogP) is 6.66. The van der Waals surface area contributed by atoms with Gasteiger partial charge >= 0.3 is 0 Å². The summed E-state index contributed by atoms with van der Waals surface area (Å²) in [5.41, 5.74) is 2.83. The monoisotopic (exact) mass is 486 g/mol. The van der Waals surface area contributed by atoms with Crippen LogP contribution in [0.15, 0.2) is 99.7 Å². The fourth-order valence-electron chi connectivity index (χ4n) is 3.99. The minimum absolute atomic E-state index is 0.100.